The molecule has 4 nitrogen and oxygen atoms in total. The van der Waals surface area contributed by atoms with Crippen LogP contribution in [-0.2, 0) is 6.42 Å². The van der Waals surface area contributed by atoms with E-state index in [1.54, 1.807) is 0 Å². The van der Waals surface area contributed by atoms with Gasteiger partial charge in [-0.1, -0.05) is 6.92 Å². The maximum atomic E-state index is 6.03. The van der Waals surface area contributed by atoms with E-state index >= 15 is 0 Å². The van der Waals surface area contributed by atoms with Crippen molar-refractivity contribution in [3.8, 4) is 11.5 Å². The summed E-state index contributed by atoms with van der Waals surface area (Å²) in [6, 6.07) is 7.72. The molecule has 21 heavy (non-hydrogen) atoms. The summed E-state index contributed by atoms with van der Waals surface area (Å²) in [7, 11) is 0. The van der Waals surface area contributed by atoms with Crippen molar-refractivity contribution < 1.29 is 4.42 Å². The van der Waals surface area contributed by atoms with Crippen LogP contribution in [0.5, 0.6) is 0 Å². The highest BCUT2D eigenvalue weighted by molar-refractivity contribution is 5.82. The predicted octanol–water partition coefficient (Wildman–Crippen LogP) is 3.84. The van der Waals surface area contributed by atoms with Crippen molar-refractivity contribution in [3.63, 3.8) is 0 Å². The van der Waals surface area contributed by atoms with Gasteiger partial charge in [-0.2, -0.15) is 0 Å². The maximum Gasteiger partial charge on any atom is 0.227 e. The second kappa shape index (κ2) is 4.81. The summed E-state index contributed by atoms with van der Waals surface area (Å²) in [6.07, 6.45) is 0.873. The first-order chi connectivity index (χ1) is 9.99. The lowest BCUT2D eigenvalue weighted by atomic mass is 10.0. The molecule has 0 saturated heterocycles. The Kier molecular flexibility index (Phi) is 3.09. The Balaban J connectivity index is 2.22. The Morgan fingerprint density at radius 1 is 1.05 bits per heavy atom. The molecule has 0 bridgehead atoms. The summed E-state index contributed by atoms with van der Waals surface area (Å²) in [5.74, 6) is 0.618. The van der Waals surface area contributed by atoms with Crippen LogP contribution in [0.1, 0.15) is 23.6 Å². The molecule has 0 atom stereocenters. The number of anilines is 2. The Bertz CT molecular complexity index is 810. The molecule has 0 aliphatic carbocycles. The van der Waals surface area contributed by atoms with Gasteiger partial charge in [0.05, 0.1) is 0 Å². The van der Waals surface area contributed by atoms with Gasteiger partial charge in [-0.3, -0.25) is 0 Å². The number of nitrogens with two attached hydrogens (primary N) is 2. The standard InChI is InChI=1S/C17H19N3O/c1-4-11-7-15-14(8-13(11)19)20-17(21-15)16-9(2)5-12(18)6-10(16)3/h5-8H,4,18-19H2,1-3H3. The highest BCUT2D eigenvalue weighted by Crippen LogP contribution is 2.32. The van der Waals surface area contributed by atoms with Gasteiger partial charge >= 0.3 is 0 Å². The number of fused-ring (bicyclic) bond motifs is 1. The fourth-order valence-corrected chi connectivity index (χ4v) is 2.78. The lowest BCUT2D eigenvalue weighted by Gasteiger charge is -2.07. The average Bonchev–Trinajstić information content (AvgIpc) is 2.78. The number of aromatic nitrogens is 1. The minimum absolute atomic E-state index is 0.618. The summed E-state index contributed by atoms with van der Waals surface area (Å²) >= 11 is 0. The zero-order valence-corrected chi connectivity index (χ0v) is 12.5. The molecule has 0 aliphatic rings. The lowest BCUT2D eigenvalue weighted by Crippen LogP contribution is -1.93. The molecule has 1 heterocycles. The quantitative estimate of drug-likeness (QED) is 0.699. The molecule has 3 rings (SSSR count). The van der Waals surface area contributed by atoms with Gasteiger partial charge in [0.2, 0.25) is 5.89 Å². The molecule has 0 amide bonds. The molecule has 4 N–H and O–H groups in total. The number of nitrogens with zero attached hydrogens (tertiary/aromatic N) is 1. The average molecular weight is 281 g/mol. The lowest BCUT2D eigenvalue weighted by molar-refractivity contribution is 0.618. The SMILES string of the molecule is CCc1cc2oc(-c3c(C)cc(N)cc3C)nc2cc1N. The van der Waals surface area contributed by atoms with Crippen molar-refractivity contribution in [2.45, 2.75) is 27.2 Å². The van der Waals surface area contributed by atoms with Crippen LogP contribution in [0.4, 0.5) is 11.4 Å². The number of hydrogen-bond acceptors (Lipinski definition) is 4. The first-order valence-corrected chi connectivity index (χ1v) is 7.05. The van der Waals surface area contributed by atoms with E-state index in [0.717, 1.165) is 51.1 Å². The third-order valence-corrected chi connectivity index (χ3v) is 3.80. The van der Waals surface area contributed by atoms with Gasteiger partial charge < -0.3 is 15.9 Å². The van der Waals surface area contributed by atoms with Gasteiger partial charge in [0.1, 0.15) is 5.52 Å². The van der Waals surface area contributed by atoms with E-state index in [-0.39, 0.29) is 0 Å². The molecule has 0 radical (unpaired) electrons. The highest BCUT2D eigenvalue weighted by Gasteiger charge is 2.15. The first-order valence-electron chi connectivity index (χ1n) is 7.05. The molecule has 0 fully saturated rings. The first kappa shape index (κ1) is 13.5. The van der Waals surface area contributed by atoms with Crippen LogP contribution in [0.2, 0.25) is 0 Å². The predicted molar refractivity (Wildman–Crippen MR) is 87.1 cm³/mol. The van der Waals surface area contributed by atoms with E-state index in [4.69, 9.17) is 15.9 Å². The van der Waals surface area contributed by atoms with Crippen molar-refractivity contribution in [2.75, 3.05) is 11.5 Å². The Morgan fingerprint density at radius 3 is 2.33 bits per heavy atom. The third-order valence-electron chi connectivity index (χ3n) is 3.80. The second-order valence-electron chi connectivity index (χ2n) is 5.42. The number of rotatable bonds is 2. The van der Waals surface area contributed by atoms with Gasteiger partial charge in [0.25, 0.3) is 0 Å². The molecule has 4 heteroatoms. The second-order valence-corrected chi connectivity index (χ2v) is 5.42. The maximum absolute atomic E-state index is 6.03. The van der Waals surface area contributed by atoms with E-state index in [9.17, 15) is 0 Å². The normalized spacial score (nSPS) is 11.2. The number of nitrogen functional groups attached to an aromatic ring is 2. The molecule has 1 aromatic heterocycles. The van der Waals surface area contributed by atoms with Crippen molar-refractivity contribution in [1.82, 2.24) is 4.98 Å². The van der Waals surface area contributed by atoms with E-state index < -0.39 is 0 Å². The van der Waals surface area contributed by atoms with Gasteiger partial charge in [0.15, 0.2) is 5.58 Å². The summed E-state index contributed by atoms with van der Waals surface area (Å²) in [5, 5.41) is 0. The Hall–Kier alpha value is -2.49. The van der Waals surface area contributed by atoms with E-state index in [1.807, 2.05) is 38.1 Å². The molecule has 0 aliphatic heterocycles. The molecule has 3 aromatic rings. The summed E-state index contributed by atoms with van der Waals surface area (Å²) in [6.45, 7) is 6.10. The molecule has 2 aromatic carbocycles. The van der Waals surface area contributed by atoms with Crippen LogP contribution in [0, 0.1) is 13.8 Å². The van der Waals surface area contributed by atoms with Crippen molar-refractivity contribution in [3.05, 3.63) is 41.0 Å². The highest BCUT2D eigenvalue weighted by atomic mass is 16.3. The topological polar surface area (TPSA) is 78.1 Å². The molecule has 108 valence electrons. The van der Waals surface area contributed by atoms with Crippen molar-refractivity contribution in [2.24, 2.45) is 0 Å². The van der Waals surface area contributed by atoms with E-state index in [1.165, 1.54) is 0 Å². The zero-order chi connectivity index (χ0) is 15.1. The minimum atomic E-state index is 0.618. The molecule has 0 saturated carbocycles. The Labute approximate surface area is 123 Å². The van der Waals surface area contributed by atoms with Gasteiger partial charge in [-0.05, 0) is 61.2 Å². The molecular weight excluding hydrogens is 262 g/mol. The van der Waals surface area contributed by atoms with Gasteiger partial charge in [-0.25, -0.2) is 4.98 Å². The van der Waals surface area contributed by atoms with Crippen LogP contribution < -0.4 is 11.5 Å². The van der Waals surface area contributed by atoms with Gasteiger partial charge in [-0.15, -0.1) is 0 Å². The third kappa shape index (κ3) is 2.23. The van der Waals surface area contributed by atoms with Crippen LogP contribution >= 0.6 is 0 Å². The Morgan fingerprint density at radius 2 is 1.71 bits per heavy atom. The van der Waals surface area contributed by atoms with Crippen LogP contribution in [-0.4, -0.2) is 4.98 Å². The van der Waals surface area contributed by atoms with Crippen LogP contribution in [0.15, 0.2) is 28.7 Å². The van der Waals surface area contributed by atoms with Crippen molar-refractivity contribution >= 4 is 22.5 Å². The van der Waals surface area contributed by atoms with E-state index in [0.29, 0.717) is 5.89 Å². The summed E-state index contributed by atoms with van der Waals surface area (Å²) in [4.78, 5) is 4.58. The van der Waals surface area contributed by atoms with E-state index in [2.05, 4.69) is 11.9 Å². The molecule has 0 unspecified atom stereocenters. The molecule has 0 spiro atoms. The zero-order valence-electron chi connectivity index (χ0n) is 12.5. The summed E-state index contributed by atoms with van der Waals surface area (Å²) < 4.78 is 5.95. The van der Waals surface area contributed by atoms with Crippen LogP contribution in [0.3, 0.4) is 0 Å². The fourth-order valence-electron chi connectivity index (χ4n) is 2.78. The number of benzene rings is 2. The number of aryl methyl sites for hydroxylation is 3. The molecular formula is C17H19N3O. The smallest absolute Gasteiger partial charge is 0.227 e. The van der Waals surface area contributed by atoms with Crippen molar-refractivity contribution in [1.29, 1.82) is 0 Å². The monoisotopic (exact) mass is 281 g/mol. The fraction of sp³-hybridized carbons (Fsp3) is 0.235. The minimum Gasteiger partial charge on any atom is -0.436 e. The van der Waals surface area contributed by atoms with Crippen LogP contribution in [0.25, 0.3) is 22.6 Å². The summed E-state index contributed by atoms with van der Waals surface area (Å²) in [5.41, 5.74) is 19.2. The number of oxazole rings is 1. The largest absolute Gasteiger partial charge is 0.436 e. The van der Waals surface area contributed by atoms with Gasteiger partial charge in [0, 0.05) is 16.9 Å². The number of hydrogen-bond donors (Lipinski definition) is 2.